The van der Waals surface area contributed by atoms with Crippen LogP contribution in [0.4, 0.5) is 0 Å². The van der Waals surface area contributed by atoms with E-state index in [1.807, 2.05) is 11.8 Å². The minimum absolute atomic E-state index is 0.258. The fraction of sp³-hybridized carbons (Fsp3) is 1.00. The third kappa shape index (κ3) is 0.987. The van der Waals surface area contributed by atoms with Crippen molar-refractivity contribution < 1.29 is 4.74 Å². The van der Waals surface area contributed by atoms with Crippen LogP contribution in [0, 0.1) is 0 Å². The first-order valence-electron chi connectivity index (χ1n) is 3.54. The molecule has 2 unspecified atom stereocenters. The summed E-state index contributed by atoms with van der Waals surface area (Å²) in [4.78, 5) is 0. The molecule has 2 heterocycles. The molecule has 9 heavy (non-hydrogen) atoms. The van der Waals surface area contributed by atoms with E-state index in [0.717, 1.165) is 0 Å². The second kappa shape index (κ2) is 1.89. The molecule has 2 fully saturated rings. The first-order chi connectivity index (χ1) is 4.29. The fourth-order valence-electron chi connectivity index (χ4n) is 1.62. The second-order valence-corrected chi connectivity index (χ2v) is 4.27. The minimum Gasteiger partial charge on any atom is -0.370 e. The molecule has 2 aliphatic heterocycles. The smallest absolute Gasteiger partial charge is 0.0749 e. The molecule has 2 rings (SSSR count). The molecule has 2 aliphatic rings. The minimum atomic E-state index is 0.258. The lowest BCUT2D eigenvalue weighted by molar-refractivity contribution is -0.00720. The van der Waals surface area contributed by atoms with Gasteiger partial charge in [-0.15, -0.1) is 0 Å². The van der Waals surface area contributed by atoms with Crippen LogP contribution in [0.25, 0.3) is 0 Å². The third-order valence-electron chi connectivity index (χ3n) is 2.16. The Balaban J connectivity index is 2.13. The molecule has 0 saturated carbocycles. The lowest BCUT2D eigenvalue weighted by Gasteiger charge is -2.28. The molecule has 0 aromatic carbocycles. The predicted molar refractivity (Wildman–Crippen MR) is 39.8 cm³/mol. The molecule has 0 aliphatic carbocycles. The van der Waals surface area contributed by atoms with E-state index in [1.54, 1.807) is 0 Å². The molecule has 2 saturated heterocycles. The summed E-state index contributed by atoms with van der Waals surface area (Å²) < 4.78 is 5.76. The lowest BCUT2D eigenvalue weighted by Crippen LogP contribution is -2.32. The van der Waals surface area contributed by atoms with Crippen molar-refractivity contribution in [2.24, 2.45) is 0 Å². The highest BCUT2D eigenvalue weighted by molar-refractivity contribution is 7.99. The Morgan fingerprint density at radius 2 is 2.56 bits per heavy atom. The van der Waals surface area contributed by atoms with Crippen LogP contribution in [0.1, 0.15) is 19.8 Å². The van der Waals surface area contributed by atoms with Crippen molar-refractivity contribution in [1.29, 1.82) is 0 Å². The van der Waals surface area contributed by atoms with Crippen LogP contribution in [0.15, 0.2) is 0 Å². The number of hydrogen-bond acceptors (Lipinski definition) is 2. The largest absolute Gasteiger partial charge is 0.370 e. The summed E-state index contributed by atoms with van der Waals surface area (Å²) in [6, 6.07) is 0. The predicted octanol–water partition coefficient (Wildman–Crippen LogP) is 1.67. The number of ether oxygens (including phenoxy) is 1. The monoisotopic (exact) mass is 144 g/mol. The van der Waals surface area contributed by atoms with Crippen LogP contribution in [-0.2, 0) is 4.74 Å². The SMILES string of the molecule is CC12CCC(CSC1)O2. The van der Waals surface area contributed by atoms with Gasteiger partial charge in [-0.05, 0) is 19.8 Å². The van der Waals surface area contributed by atoms with E-state index in [4.69, 9.17) is 4.74 Å². The van der Waals surface area contributed by atoms with Crippen molar-refractivity contribution in [3.63, 3.8) is 0 Å². The quantitative estimate of drug-likeness (QED) is 0.511. The van der Waals surface area contributed by atoms with Gasteiger partial charge >= 0.3 is 0 Å². The Morgan fingerprint density at radius 1 is 1.67 bits per heavy atom. The first-order valence-corrected chi connectivity index (χ1v) is 4.70. The van der Waals surface area contributed by atoms with Gasteiger partial charge in [0.1, 0.15) is 0 Å². The Hall–Kier alpha value is 0.310. The van der Waals surface area contributed by atoms with Crippen molar-refractivity contribution in [1.82, 2.24) is 0 Å². The van der Waals surface area contributed by atoms with Gasteiger partial charge in [-0.25, -0.2) is 0 Å². The molecule has 1 nitrogen and oxygen atoms in total. The Bertz CT molecular complexity index is 122. The third-order valence-corrected chi connectivity index (χ3v) is 3.58. The maximum atomic E-state index is 5.76. The molecule has 2 heteroatoms. The van der Waals surface area contributed by atoms with E-state index in [2.05, 4.69) is 6.92 Å². The van der Waals surface area contributed by atoms with Crippen LogP contribution >= 0.6 is 11.8 Å². The lowest BCUT2D eigenvalue weighted by atomic mass is 10.1. The standard InChI is InChI=1S/C7H12OS/c1-7-3-2-6(8-7)4-9-5-7/h6H,2-5H2,1H3. The normalized spacial score (nSPS) is 49.7. The van der Waals surface area contributed by atoms with E-state index in [0.29, 0.717) is 6.10 Å². The molecular formula is C7H12OS. The summed E-state index contributed by atoms with van der Waals surface area (Å²) in [7, 11) is 0. The summed E-state index contributed by atoms with van der Waals surface area (Å²) in [6.45, 7) is 2.24. The van der Waals surface area contributed by atoms with Crippen LogP contribution in [-0.4, -0.2) is 23.2 Å². The Morgan fingerprint density at radius 3 is 3.22 bits per heavy atom. The molecule has 0 amide bonds. The molecule has 52 valence electrons. The molecule has 0 aromatic heterocycles. The Kier molecular flexibility index (Phi) is 1.27. The summed E-state index contributed by atoms with van der Waals surface area (Å²) in [5, 5.41) is 0. The summed E-state index contributed by atoms with van der Waals surface area (Å²) >= 11 is 2.05. The average Bonchev–Trinajstić information content (AvgIpc) is 2.07. The molecule has 0 N–H and O–H groups in total. The number of hydrogen-bond donors (Lipinski definition) is 0. The van der Waals surface area contributed by atoms with Crippen LogP contribution in [0.3, 0.4) is 0 Å². The van der Waals surface area contributed by atoms with Gasteiger partial charge in [-0.1, -0.05) is 0 Å². The zero-order chi connectivity index (χ0) is 6.32. The highest BCUT2D eigenvalue weighted by atomic mass is 32.2. The molecule has 0 radical (unpaired) electrons. The summed E-state index contributed by atoms with van der Waals surface area (Å²) in [6.07, 6.45) is 3.17. The van der Waals surface area contributed by atoms with E-state index >= 15 is 0 Å². The van der Waals surface area contributed by atoms with Gasteiger partial charge in [0.15, 0.2) is 0 Å². The van der Waals surface area contributed by atoms with Crippen LogP contribution in [0.2, 0.25) is 0 Å². The highest BCUT2D eigenvalue weighted by Gasteiger charge is 2.39. The molecule has 2 atom stereocenters. The van der Waals surface area contributed by atoms with Crippen molar-refractivity contribution in [2.45, 2.75) is 31.5 Å². The van der Waals surface area contributed by atoms with Gasteiger partial charge in [0.2, 0.25) is 0 Å². The highest BCUT2D eigenvalue weighted by Crippen LogP contribution is 2.38. The van der Waals surface area contributed by atoms with E-state index in [1.165, 1.54) is 24.3 Å². The second-order valence-electron chi connectivity index (χ2n) is 3.24. The van der Waals surface area contributed by atoms with E-state index in [-0.39, 0.29) is 5.60 Å². The van der Waals surface area contributed by atoms with Gasteiger partial charge < -0.3 is 4.74 Å². The van der Waals surface area contributed by atoms with Gasteiger partial charge in [-0.2, -0.15) is 11.8 Å². The number of fused-ring (bicyclic) bond motifs is 2. The zero-order valence-electron chi connectivity index (χ0n) is 5.72. The van der Waals surface area contributed by atoms with E-state index in [9.17, 15) is 0 Å². The van der Waals surface area contributed by atoms with Gasteiger partial charge in [0.05, 0.1) is 11.7 Å². The van der Waals surface area contributed by atoms with Gasteiger partial charge in [0.25, 0.3) is 0 Å². The first kappa shape index (κ1) is 6.05. The van der Waals surface area contributed by atoms with Crippen molar-refractivity contribution in [3.05, 3.63) is 0 Å². The summed E-state index contributed by atoms with van der Waals surface area (Å²) in [5.41, 5.74) is 0.258. The average molecular weight is 144 g/mol. The molecule has 2 bridgehead atoms. The van der Waals surface area contributed by atoms with Gasteiger partial charge in [0, 0.05) is 11.5 Å². The van der Waals surface area contributed by atoms with Crippen molar-refractivity contribution >= 4 is 11.8 Å². The molecule has 0 spiro atoms. The fourth-order valence-corrected chi connectivity index (χ4v) is 2.88. The van der Waals surface area contributed by atoms with Crippen molar-refractivity contribution in [3.8, 4) is 0 Å². The zero-order valence-corrected chi connectivity index (χ0v) is 6.54. The van der Waals surface area contributed by atoms with Crippen molar-refractivity contribution in [2.75, 3.05) is 11.5 Å². The number of thioether (sulfide) groups is 1. The molecule has 0 aromatic rings. The van der Waals surface area contributed by atoms with Gasteiger partial charge in [-0.3, -0.25) is 0 Å². The molecular weight excluding hydrogens is 132 g/mol. The maximum absolute atomic E-state index is 5.76. The summed E-state index contributed by atoms with van der Waals surface area (Å²) in [5.74, 6) is 2.44. The van der Waals surface area contributed by atoms with Crippen LogP contribution in [0.5, 0.6) is 0 Å². The Labute approximate surface area is 60.2 Å². The maximum Gasteiger partial charge on any atom is 0.0749 e. The van der Waals surface area contributed by atoms with Crippen LogP contribution < -0.4 is 0 Å². The van der Waals surface area contributed by atoms with E-state index < -0.39 is 0 Å². The topological polar surface area (TPSA) is 9.23 Å². The number of rotatable bonds is 0.